The third-order valence-electron chi connectivity index (χ3n) is 4.48. The molecule has 1 heterocycles. The van der Waals surface area contributed by atoms with E-state index in [1.165, 1.54) is 6.92 Å². The number of fused-ring (bicyclic) bond motifs is 1. The molecule has 2 aromatic carbocycles. The number of benzene rings is 2. The van der Waals surface area contributed by atoms with Crippen molar-refractivity contribution in [1.82, 2.24) is 0 Å². The van der Waals surface area contributed by atoms with Crippen molar-refractivity contribution in [1.29, 1.82) is 0 Å². The van der Waals surface area contributed by atoms with Gasteiger partial charge in [-0.15, -0.1) is 0 Å². The smallest absolute Gasteiger partial charge is 0.200 e. The van der Waals surface area contributed by atoms with Crippen LogP contribution < -0.4 is 4.57 Å². The van der Waals surface area contributed by atoms with E-state index in [0.717, 1.165) is 33.3 Å². The Labute approximate surface area is 148 Å². The molecule has 0 aliphatic heterocycles. The van der Waals surface area contributed by atoms with Gasteiger partial charge in [0.1, 0.15) is 8.42 Å². The van der Waals surface area contributed by atoms with Gasteiger partial charge in [-0.25, -0.2) is 4.57 Å². The van der Waals surface area contributed by atoms with Gasteiger partial charge in [-0.3, -0.25) is 0 Å². The fraction of sp³-hybridized carbons (Fsp3) is 0.318. The Morgan fingerprint density at radius 3 is 2.70 bits per heavy atom. The Hall–Kier alpha value is -2.15. The van der Waals surface area contributed by atoms with Crippen molar-refractivity contribution in [2.75, 3.05) is 0 Å². The Morgan fingerprint density at radius 2 is 1.96 bits per heavy atom. The zero-order valence-electron chi connectivity index (χ0n) is 20.3. The first-order valence-electron chi connectivity index (χ1n) is 10.8. The van der Waals surface area contributed by atoms with Crippen molar-refractivity contribution < 1.29 is 12.8 Å². The Kier molecular flexibility index (Phi) is 2.49. The molecule has 1 atom stereocenters. The number of rotatable bonds is 2. The molecule has 0 aliphatic carbocycles. The number of pyridine rings is 1. The number of nitrogens with zero attached hydrogens (tertiary/aromatic N) is 1. The van der Waals surface area contributed by atoms with Gasteiger partial charge < -0.3 is 0 Å². The molecule has 3 aromatic rings. The maximum atomic E-state index is 8.53. The summed E-state index contributed by atoms with van der Waals surface area (Å²) >= 11 is 0. The van der Waals surface area contributed by atoms with Gasteiger partial charge in [0.05, 0.1) is 12.3 Å². The minimum absolute atomic E-state index is 0.0880. The fourth-order valence-electron chi connectivity index (χ4n) is 3.00. The van der Waals surface area contributed by atoms with E-state index < -0.39 is 12.7 Å². The zero-order chi connectivity index (χ0) is 21.9. The Morgan fingerprint density at radius 1 is 1.17 bits per heavy atom. The van der Waals surface area contributed by atoms with Crippen LogP contribution in [0.1, 0.15) is 50.1 Å². The third-order valence-corrected chi connectivity index (χ3v) is 4.48. The van der Waals surface area contributed by atoms with E-state index in [1.807, 2.05) is 39.0 Å². The van der Waals surface area contributed by atoms with Gasteiger partial charge in [0.15, 0.2) is 6.17 Å². The monoisotopic (exact) mass is 310 g/mol. The molecule has 0 saturated carbocycles. The second-order valence-electron chi connectivity index (χ2n) is 6.28. The SMILES string of the molecule is [2H]c1c([2H])[n+](C)c(-c2cc(C([2H])(C)C([2H])([2H])[2H])cc(C)c2C)c2ccc(C)cc12. The molecular formula is C22H26N+. The molecule has 0 amide bonds. The van der Waals surface area contributed by atoms with E-state index in [9.17, 15) is 0 Å². The molecule has 0 N–H and O–H groups in total. The largest absolute Gasteiger partial charge is 0.220 e. The first-order valence-corrected chi connectivity index (χ1v) is 7.79. The van der Waals surface area contributed by atoms with E-state index in [4.69, 9.17) is 8.22 Å². The van der Waals surface area contributed by atoms with Crippen LogP contribution in [0.15, 0.2) is 42.5 Å². The Balaban J connectivity index is 2.45. The van der Waals surface area contributed by atoms with Crippen LogP contribution in [0, 0.1) is 20.8 Å². The van der Waals surface area contributed by atoms with Crippen LogP contribution >= 0.6 is 0 Å². The van der Waals surface area contributed by atoms with Crippen LogP contribution in [0.2, 0.25) is 0 Å². The van der Waals surface area contributed by atoms with Crippen molar-refractivity contribution in [3.05, 3.63) is 64.8 Å². The Bertz CT molecular complexity index is 1130. The van der Waals surface area contributed by atoms with Crippen molar-refractivity contribution in [3.63, 3.8) is 0 Å². The summed E-state index contributed by atoms with van der Waals surface area (Å²) in [7, 11) is 1.75. The standard InChI is InChI=1S/C22H26N/c1-14(2)19-12-16(4)17(5)21(13-19)22-20-8-7-15(3)11-18(20)9-10-23(22)6/h7-14H,1-6H3/q+1/i1D3,9D,10D,14D. The highest BCUT2D eigenvalue weighted by Gasteiger charge is 2.19. The second-order valence-corrected chi connectivity index (χ2v) is 6.28. The fourth-order valence-corrected chi connectivity index (χ4v) is 3.00. The first-order chi connectivity index (χ1) is 13.3. The van der Waals surface area contributed by atoms with E-state index >= 15 is 0 Å². The average Bonchev–Trinajstić information content (AvgIpc) is 2.62. The van der Waals surface area contributed by atoms with E-state index in [0.29, 0.717) is 10.9 Å². The van der Waals surface area contributed by atoms with Gasteiger partial charge >= 0.3 is 0 Å². The summed E-state index contributed by atoms with van der Waals surface area (Å²) in [4.78, 5) is 0. The summed E-state index contributed by atoms with van der Waals surface area (Å²) in [5.41, 5.74) is 4.81. The van der Waals surface area contributed by atoms with E-state index in [1.54, 1.807) is 23.7 Å². The lowest BCUT2D eigenvalue weighted by atomic mass is 9.91. The molecule has 0 aliphatic rings. The lowest BCUT2D eigenvalue weighted by molar-refractivity contribution is -0.659. The number of hydrogen-bond acceptors (Lipinski definition) is 0. The molecule has 0 fully saturated rings. The lowest BCUT2D eigenvalue weighted by Crippen LogP contribution is -2.30. The highest BCUT2D eigenvalue weighted by molar-refractivity contribution is 5.94. The molecule has 3 rings (SSSR count). The topological polar surface area (TPSA) is 3.88 Å². The zero-order valence-corrected chi connectivity index (χ0v) is 14.3. The van der Waals surface area contributed by atoms with Crippen LogP contribution in [-0.2, 0) is 7.05 Å². The van der Waals surface area contributed by atoms with Crippen LogP contribution in [0.25, 0.3) is 22.0 Å². The molecule has 1 unspecified atom stereocenters. The molecule has 0 spiro atoms. The van der Waals surface area contributed by atoms with Gasteiger partial charge in [-0.2, -0.15) is 0 Å². The van der Waals surface area contributed by atoms with Crippen molar-refractivity contribution in [3.8, 4) is 11.3 Å². The van der Waals surface area contributed by atoms with Gasteiger partial charge in [-0.05, 0) is 60.9 Å². The van der Waals surface area contributed by atoms with E-state index in [-0.39, 0.29) is 12.2 Å². The molecule has 23 heavy (non-hydrogen) atoms. The molecule has 0 radical (unpaired) electrons. The van der Waals surface area contributed by atoms with Crippen molar-refractivity contribution in [2.24, 2.45) is 7.05 Å². The number of hydrogen-bond donors (Lipinski definition) is 0. The molecule has 0 bridgehead atoms. The van der Waals surface area contributed by atoms with Crippen LogP contribution in [0.3, 0.4) is 0 Å². The van der Waals surface area contributed by atoms with Gasteiger partial charge in [0, 0.05) is 11.5 Å². The summed E-state index contributed by atoms with van der Waals surface area (Å²) in [6.07, 6.45) is 0.0880. The van der Waals surface area contributed by atoms with Gasteiger partial charge in [0.2, 0.25) is 5.69 Å². The minimum atomic E-state index is -2.47. The molecule has 118 valence electrons. The summed E-state index contributed by atoms with van der Waals surface area (Å²) in [5, 5.41) is 1.52. The maximum absolute atomic E-state index is 8.53. The molecule has 0 saturated heterocycles. The minimum Gasteiger partial charge on any atom is -0.200 e. The van der Waals surface area contributed by atoms with Crippen LogP contribution in [0.4, 0.5) is 0 Å². The summed E-state index contributed by atoms with van der Waals surface area (Å²) in [6.45, 7) is 4.76. The highest BCUT2D eigenvalue weighted by atomic mass is 14.9. The number of aryl methyl sites for hydroxylation is 2. The average molecular weight is 310 g/mol. The quantitative estimate of drug-likeness (QED) is 0.559. The predicted octanol–water partition coefficient (Wildman–Crippen LogP) is 5.38. The van der Waals surface area contributed by atoms with Crippen LogP contribution in [0.5, 0.6) is 0 Å². The van der Waals surface area contributed by atoms with E-state index in [2.05, 4.69) is 0 Å². The lowest BCUT2D eigenvalue weighted by Gasteiger charge is -2.14. The van der Waals surface area contributed by atoms with Crippen LogP contribution in [-0.4, -0.2) is 0 Å². The highest BCUT2D eigenvalue weighted by Crippen LogP contribution is 2.32. The van der Waals surface area contributed by atoms with Gasteiger partial charge in [-0.1, -0.05) is 37.5 Å². The normalized spacial score (nSPS) is 18.3. The maximum Gasteiger partial charge on any atom is 0.220 e. The predicted molar refractivity (Wildman–Crippen MR) is 98.9 cm³/mol. The number of aromatic nitrogens is 1. The third kappa shape index (κ3) is 2.76. The summed E-state index contributed by atoms with van der Waals surface area (Å²) in [5.74, 6) is -1.76. The molecule has 1 aromatic heterocycles. The molecular weight excluding hydrogens is 278 g/mol. The van der Waals surface area contributed by atoms with Crippen molar-refractivity contribution >= 4 is 10.8 Å². The summed E-state index contributed by atoms with van der Waals surface area (Å²) < 4.78 is 50.5. The van der Waals surface area contributed by atoms with Gasteiger partial charge in [0.25, 0.3) is 0 Å². The molecule has 1 nitrogen and oxygen atoms in total. The van der Waals surface area contributed by atoms with Crippen molar-refractivity contribution in [2.45, 2.75) is 40.4 Å². The molecule has 1 heteroatoms. The first kappa shape index (κ1) is 9.87. The summed E-state index contributed by atoms with van der Waals surface area (Å²) in [6, 6.07) is 9.51. The second kappa shape index (κ2) is 5.81.